The number of aryl methyl sites for hydroxylation is 1. The van der Waals surface area contributed by atoms with E-state index in [1.165, 1.54) is 17.9 Å². The van der Waals surface area contributed by atoms with Gasteiger partial charge in [-0.1, -0.05) is 54.6 Å². The first kappa shape index (κ1) is 22.9. The molecule has 0 saturated heterocycles. The van der Waals surface area contributed by atoms with Crippen LogP contribution in [-0.4, -0.2) is 18.7 Å². The second-order valence-electron chi connectivity index (χ2n) is 5.90. The average molecular weight is 379 g/mol. The molecule has 0 saturated carbocycles. The predicted octanol–water partition coefficient (Wildman–Crippen LogP) is 4.03. The third kappa shape index (κ3) is 10.1. The molecule has 5 heteroatoms. The van der Waals surface area contributed by atoms with Crippen molar-refractivity contribution in [2.24, 2.45) is 5.73 Å². The third-order valence-corrected chi connectivity index (χ3v) is 3.70. The molecule has 0 heterocycles. The molecule has 0 fully saturated rings. The Morgan fingerprint density at radius 3 is 2.46 bits per heavy atom. The Morgan fingerprint density at radius 2 is 1.75 bits per heavy atom. The van der Waals surface area contributed by atoms with Gasteiger partial charge in [-0.3, -0.25) is 4.79 Å². The van der Waals surface area contributed by atoms with Crippen LogP contribution in [0.1, 0.15) is 24.5 Å². The normalized spacial score (nSPS) is 10.4. The topological polar surface area (TPSA) is 91.0 Å². The van der Waals surface area contributed by atoms with Crippen LogP contribution in [0.2, 0.25) is 0 Å². The fraction of sp³-hybridized carbons (Fsp3) is 0.217. The molecule has 5 N–H and O–H groups in total. The minimum atomic E-state index is -0.172. The first-order valence-corrected chi connectivity index (χ1v) is 9.35. The van der Waals surface area contributed by atoms with Crippen molar-refractivity contribution in [1.29, 1.82) is 5.41 Å². The summed E-state index contributed by atoms with van der Waals surface area (Å²) in [4.78, 5) is 11.9. The summed E-state index contributed by atoms with van der Waals surface area (Å²) in [5, 5.41) is 12.1. The van der Waals surface area contributed by atoms with Crippen LogP contribution >= 0.6 is 0 Å². The van der Waals surface area contributed by atoms with E-state index in [9.17, 15) is 4.79 Å². The summed E-state index contributed by atoms with van der Waals surface area (Å²) >= 11 is 0. The third-order valence-electron chi connectivity index (χ3n) is 3.70. The van der Waals surface area contributed by atoms with Gasteiger partial charge in [-0.15, -0.1) is 0 Å². The zero-order valence-electron chi connectivity index (χ0n) is 16.4. The van der Waals surface area contributed by atoms with E-state index in [0.717, 1.165) is 30.6 Å². The van der Waals surface area contributed by atoms with Crippen molar-refractivity contribution in [2.75, 3.05) is 11.9 Å². The molecule has 2 aromatic rings. The quantitative estimate of drug-likeness (QED) is 0.230. The number of allylic oxidation sites excluding steroid dienone is 2. The van der Waals surface area contributed by atoms with Crippen molar-refractivity contribution in [3.63, 3.8) is 0 Å². The van der Waals surface area contributed by atoms with Crippen LogP contribution in [0.4, 0.5) is 5.69 Å². The lowest BCUT2D eigenvalue weighted by atomic mass is 10.1. The second kappa shape index (κ2) is 14.9. The molecule has 148 valence electrons. The Morgan fingerprint density at radius 1 is 1.07 bits per heavy atom. The van der Waals surface area contributed by atoms with E-state index in [0.29, 0.717) is 6.54 Å². The summed E-state index contributed by atoms with van der Waals surface area (Å²) in [6, 6.07) is 17.9. The molecular weight excluding hydrogens is 348 g/mol. The molecule has 0 aromatic heterocycles. The van der Waals surface area contributed by atoms with Crippen LogP contribution < -0.4 is 16.4 Å². The Labute approximate surface area is 167 Å². The van der Waals surface area contributed by atoms with Crippen LogP contribution in [0.5, 0.6) is 0 Å². The van der Waals surface area contributed by atoms with E-state index in [1.807, 2.05) is 42.6 Å². The van der Waals surface area contributed by atoms with Crippen molar-refractivity contribution >= 4 is 17.8 Å². The standard InChI is InChI=1S/C21H25N3O.C2H5N/c22-17-19-12-4-5-13-20(19)24-21(25)14-6-7-15-23-16-8-11-18-9-2-1-3-10-18;1-2-3/h1-7,9-10,12-15,23H,8,11,16-17,22H2,(H,24,25);2-3H,1H3/b14-6+,15-7+;. The zero-order chi connectivity index (χ0) is 20.5. The molecule has 2 aromatic carbocycles. The van der Waals surface area contributed by atoms with Gasteiger partial charge in [-0.25, -0.2) is 0 Å². The first-order valence-electron chi connectivity index (χ1n) is 9.35. The molecule has 0 radical (unpaired) electrons. The summed E-state index contributed by atoms with van der Waals surface area (Å²) in [6.07, 6.45) is 10.2. The number of rotatable bonds is 9. The van der Waals surface area contributed by atoms with Gasteiger partial charge in [-0.2, -0.15) is 0 Å². The van der Waals surface area contributed by atoms with Gasteiger partial charge in [0.2, 0.25) is 5.91 Å². The highest BCUT2D eigenvalue weighted by Gasteiger charge is 2.01. The van der Waals surface area contributed by atoms with Gasteiger partial charge in [0.15, 0.2) is 0 Å². The molecule has 5 nitrogen and oxygen atoms in total. The molecule has 0 aliphatic heterocycles. The summed E-state index contributed by atoms with van der Waals surface area (Å²) in [5.74, 6) is -0.172. The van der Waals surface area contributed by atoms with Gasteiger partial charge in [0, 0.05) is 24.9 Å². The Balaban J connectivity index is 0.00000122. The first-order chi connectivity index (χ1) is 13.7. The zero-order valence-corrected chi connectivity index (χ0v) is 16.4. The van der Waals surface area contributed by atoms with Crippen LogP contribution in [0.15, 0.2) is 79.0 Å². The molecular formula is C23H30N4O. The maximum Gasteiger partial charge on any atom is 0.248 e. The van der Waals surface area contributed by atoms with Gasteiger partial charge in [0.1, 0.15) is 0 Å². The number of amides is 1. The number of carbonyl (C=O) groups excluding carboxylic acids is 1. The number of nitrogens with one attached hydrogen (secondary N) is 3. The van der Waals surface area contributed by atoms with Crippen LogP contribution in [-0.2, 0) is 17.8 Å². The van der Waals surface area contributed by atoms with E-state index in [4.69, 9.17) is 11.1 Å². The number of benzene rings is 2. The SMILES string of the molecule is CC=N.NCc1ccccc1NC(=O)/C=C/C=C/NCCCc1ccccc1. The van der Waals surface area contributed by atoms with Crippen LogP contribution in [0, 0.1) is 5.41 Å². The van der Waals surface area contributed by atoms with E-state index in [1.54, 1.807) is 13.0 Å². The van der Waals surface area contributed by atoms with Crippen LogP contribution in [0.25, 0.3) is 0 Å². The summed E-state index contributed by atoms with van der Waals surface area (Å²) in [6.45, 7) is 2.96. The molecule has 0 atom stereocenters. The van der Waals surface area contributed by atoms with Crippen LogP contribution in [0.3, 0.4) is 0 Å². The predicted molar refractivity (Wildman–Crippen MR) is 118 cm³/mol. The van der Waals surface area contributed by atoms with Crippen molar-refractivity contribution in [3.8, 4) is 0 Å². The maximum absolute atomic E-state index is 11.9. The molecule has 28 heavy (non-hydrogen) atoms. The van der Waals surface area contributed by atoms with Crippen molar-refractivity contribution in [1.82, 2.24) is 5.32 Å². The largest absolute Gasteiger partial charge is 0.391 e. The fourth-order valence-electron chi connectivity index (χ4n) is 2.38. The highest BCUT2D eigenvalue weighted by Crippen LogP contribution is 2.13. The monoisotopic (exact) mass is 378 g/mol. The Kier molecular flexibility index (Phi) is 12.2. The lowest BCUT2D eigenvalue weighted by Gasteiger charge is -2.07. The lowest BCUT2D eigenvalue weighted by molar-refractivity contribution is -0.111. The number of anilines is 1. The number of hydrogen-bond acceptors (Lipinski definition) is 4. The van der Waals surface area contributed by atoms with Gasteiger partial charge >= 0.3 is 0 Å². The Hall–Kier alpha value is -3.18. The van der Waals surface area contributed by atoms with Gasteiger partial charge in [0.25, 0.3) is 0 Å². The van der Waals surface area contributed by atoms with Crippen molar-refractivity contribution in [3.05, 3.63) is 90.2 Å². The molecule has 0 bridgehead atoms. The van der Waals surface area contributed by atoms with Gasteiger partial charge in [-0.05, 0) is 55.4 Å². The van der Waals surface area contributed by atoms with Crippen molar-refractivity contribution < 1.29 is 4.79 Å². The molecule has 0 unspecified atom stereocenters. The smallest absolute Gasteiger partial charge is 0.248 e. The average Bonchev–Trinajstić information content (AvgIpc) is 2.72. The highest BCUT2D eigenvalue weighted by molar-refractivity contribution is 5.99. The maximum atomic E-state index is 11.9. The lowest BCUT2D eigenvalue weighted by Crippen LogP contribution is -2.11. The number of para-hydroxylation sites is 1. The van der Waals surface area contributed by atoms with E-state index in [-0.39, 0.29) is 5.91 Å². The molecule has 2 rings (SSSR count). The summed E-state index contributed by atoms with van der Waals surface area (Å²) < 4.78 is 0. The number of nitrogens with two attached hydrogens (primary N) is 1. The Bertz CT molecular complexity index is 754. The summed E-state index contributed by atoms with van der Waals surface area (Å²) in [5.41, 5.74) is 8.67. The molecule has 0 spiro atoms. The molecule has 0 aliphatic rings. The minimum Gasteiger partial charge on any atom is -0.391 e. The summed E-state index contributed by atoms with van der Waals surface area (Å²) in [7, 11) is 0. The van der Waals surface area contributed by atoms with Gasteiger partial charge < -0.3 is 21.8 Å². The number of carbonyl (C=O) groups is 1. The van der Waals surface area contributed by atoms with Gasteiger partial charge in [0.05, 0.1) is 0 Å². The molecule has 0 aliphatic carbocycles. The number of hydrogen-bond donors (Lipinski definition) is 4. The molecule has 1 amide bonds. The minimum absolute atomic E-state index is 0.172. The van der Waals surface area contributed by atoms with Crippen molar-refractivity contribution in [2.45, 2.75) is 26.3 Å². The highest BCUT2D eigenvalue weighted by atomic mass is 16.1. The fourth-order valence-corrected chi connectivity index (χ4v) is 2.38. The second-order valence-corrected chi connectivity index (χ2v) is 5.90. The van der Waals surface area contributed by atoms with E-state index >= 15 is 0 Å². The van der Waals surface area contributed by atoms with E-state index in [2.05, 4.69) is 34.9 Å². The van der Waals surface area contributed by atoms with E-state index < -0.39 is 0 Å².